The number of carbonyl (C=O) groups is 1. The molecule has 0 spiro atoms. The summed E-state index contributed by atoms with van der Waals surface area (Å²) >= 11 is 0. The fourth-order valence-electron chi connectivity index (χ4n) is 1.30. The number of hydrogen-bond donors (Lipinski definition) is 0. The van der Waals surface area contributed by atoms with Crippen LogP contribution in [0, 0.1) is 13.8 Å². The Morgan fingerprint density at radius 3 is 2.80 bits per heavy atom. The van der Waals surface area contributed by atoms with Crippen molar-refractivity contribution in [3.8, 4) is 0 Å². The Balaban J connectivity index is 2.71. The zero-order chi connectivity index (χ0) is 11.3. The smallest absolute Gasteiger partial charge is 0.309 e. The highest BCUT2D eigenvalue weighted by atomic mass is 16.5. The molecule has 0 aliphatic rings. The van der Waals surface area contributed by atoms with Crippen LogP contribution >= 0.6 is 0 Å². The standard InChI is InChI=1S/C13H16O2/c1-10-7-8-11(2)12(9-10)5-4-6-13(14)15-3/h4-5,7-9H,6H2,1-3H3. The molecule has 0 amide bonds. The van der Waals surface area contributed by atoms with E-state index >= 15 is 0 Å². The van der Waals surface area contributed by atoms with Gasteiger partial charge < -0.3 is 4.74 Å². The molecule has 15 heavy (non-hydrogen) atoms. The Morgan fingerprint density at radius 1 is 1.40 bits per heavy atom. The molecule has 0 saturated carbocycles. The van der Waals surface area contributed by atoms with Crippen molar-refractivity contribution in [3.05, 3.63) is 41.0 Å². The summed E-state index contributed by atoms with van der Waals surface area (Å²) in [5, 5.41) is 0. The van der Waals surface area contributed by atoms with Crippen molar-refractivity contribution in [2.45, 2.75) is 20.3 Å². The molecule has 0 atom stereocenters. The van der Waals surface area contributed by atoms with Crippen molar-refractivity contribution in [2.75, 3.05) is 7.11 Å². The van der Waals surface area contributed by atoms with Crippen LogP contribution in [0.5, 0.6) is 0 Å². The summed E-state index contributed by atoms with van der Waals surface area (Å²) in [6.07, 6.45) is 4.11. The summed E-state index contributed by atoms with van der Waals surface area (Å²) < 4.78 is 4.55. The normalized spacial score (nSPS) is 10.6. The quantitative estimate of drug-likeness (QED) is 0.708. The van der Waals surface area contributed by atoms with E-state index in [1.54, 1.807) is 0 Å². The van der Waals surface area contributed by atoms with Crippen molar-refractivity contribution in [1.29, 1.82) is 0 Å². The highest BCUT2D eigenvalue weighted by molar-refractivity contribution is 5.72. The minimum absolute atomic E-state index is 0.212. The van der Waals surface area contributed by atoms with Gasteiger partial charge in [-0.1, -0.05) is 35.9 Å². The second-order valence-electron chi connectivity index (χ2n) is 3.54. The van der Waals surface area contributed by atoms with E-state index in [9.17, 15) is 4.79 Å². The van der Waals surface area contributed by atoms with E-state index in [1.807, 2.05) is 12.2 Å². The molecule has 80 valence electrons. The number of esters is 1. The van der Waals surface area contributed by atoms with E-state index < -0.39 is 0 Å². The van der Waals surface area contributed by atoms with Crippen molar-refractivity contribution >= 4 is 12.0 Å². The monoisotopic (exact) mass is 204 g/mol. The SMILES string of the molecule is COC(=O)CC=Cc1cc(C)ccc1C. The number of hydrogen-bond acceptors (Lipinski definition) is 2. The Morgan fingerprint density at radius 2 is 2.13 bits per heavy atom. The molecule has 0 N–H and O–H groups in total. The maximum atomic E-state index is 10.9. The van der Waals surface area contributed by atoms with Crippen LogP contribution in [0.25, 0.3) is 6.08 Å². The van der Waals surface area contributed by atoms with Crippen LogP contribution in [0.2, 0.25) is 0 Å². The van der Waals surface area contributed by atoms with Crippen LogP contribution in [-0.4, -0.2) is 13.1 Å². The Hall–Kier alpha value is -1.57. The zero-order valence-corrected chi connectivity index (χ0v) is 9.41. The predicted molar refractivity (Wildman–Crippen MR) is 61.6 cm³/mol. The topological polar surface area (TPSA) is 26.3 Å². The molecule has 0 bridgehead atoms. The van der Waals surface area contributed by atoms with E-state index in [4.69, 9.17) is 0 Å². The van der Waals surface area contributed by atoms with Gasteiger partial charge in [-0.3, -0.25) is 4.79 Å². The van der Waals surface area contributed by atoms with Crippen LogP contribution < -0.4 is 0 Å². The van der Waals surface area contributed by atoms with Crippen molar-refractivity contribution < 1.29 is 9.53 Å². The van der Waals surface area contributed by atoms with E-state index in [0.29, 0.717) is 6.42 Å². The maximum Gasteiger partial charge on any atom is 0.309 e. The van der Waals surface area contributed by atoms with Gasteiger partial charge in [-0.25, -0.2) is 0 Å². The first kappa shape index (κ1) is 11.5. The third-order valence-electron chi connectivity index (χ3n) is 2.24. The van der Waals surface area contributed by atoms with Crippen molar-refractivity contribution in [1.82, 2.24) is 0 Å². The highest BCUT2D eigenvalue weighted by Gasteiger charge is 1.96. The lowest BCUT2D eigenvalue weighted by Crippen LogP contribution is -1.96. The van der Waals surface area contributed by atoms with E-state index in [-0.39, 0.29) is 5.97 Å². The van der Waals surface area contributed by atoms with Gasteiger partial charge in [0.25, 0.3) is 0 Å². The molecule has 1 rings (SSSR count). The molecule has 1 aromatic rings. The van der Waals surface area contributed by atoms with Gasteiger partial charge >= 0.3 is 5.97 Å². The molecule has 0 heterocycles. The molecule has 0 aliphatic carbocycles. The number of benzene rings is 1. The molecule has 0 unspecified atom stereocenters. The van der Waals surface area contributed by atoms with Gasteiger partial charge in [-0.2, -0.15) is 0 Å². The van der Waals surface area contributed by atoms with Crippen LogP contribution in [0.15, 0.2) is 24.3 Å². The Bertz CT molecular complexity index is 378. The molecule has 0 fully saturated rings. The van der Waals surface area contributed by atoms with Crippen molar-refractivity contribution in [3.63, 3.8) is 0 Å². The second kappa shape index (κ2) is 5.35. The summed E-state index contributed by atoms with van der Waals surface area (Å²) in [6.45, 7) is 4.11. The van der Waals surface area contributed by atoms with Crippen LogP contribution in [0.3, 0.4) is 0 Å². The summed E-state index contributed by atoms with van der Waals surface area (Å²) in [5.41, 5.74) is 3.58. The molecule has 0 aliphatic heterocycles. The number of rotatable bonds is 3. The van der Waals surface area contributed by atoms with Gasteiger partial charge in [-0.05, 0) is 25.0 Å². The minimum Gasteiger partial charge on any atom is -0.469 e. The molecule has 0 aromatic heterocycles. The van der Waals surface area contributed by atoms with E-state index in [0.717, 1.165) is 5.56 Å². The molecule has 0 saturated heterocycles. The lowest BCUT2D eigenvalue weighted by molar-refractivity contribution is -0.139. The third-order valence-corrected chi connectivity index (χ3v) is 2.24. The maximum absolute atomic E-state index is 10.9. The van der Waals surface area contributed by atoms with Gasteiger partial charge in [0.15, 0.2) is 0 Å². The highest BCUT2D eigenvalue weighted by Crippen LogP contribution is 2.12. The molecule has 1 aromatic carbocycles. The van der Waals surface area contributed by atoms with Gasteiger partial charge in [-0.15, -0.1) is 0 Å². The van der Waals surface area contributed by atoms with Gasteiger partial charge in [0, 0.05) is 0 Å². The molecular weight excluding hydrogens is 188 g/mol. The average Bonchev–Trinajstić information content (AvgIpc) is 2.23. The summed E-state index contributed by atoms with van der Waals surface area (Å²) in [7, 11) is 1.40. The Kier molecular flexibility index (Phi) is 4.10. The van der Waals surface area contributed by atoms with Crippen LogP contribution in [-0.2, 0) is 9.53 Å². The lowest BCUT2D eigenvalue weighted by Gasteiger charge is -2.01. The number of ether oxygens (including phenoxy) is 1. The fourth-order valence-corrected chi connectivity index (χ4v) is 1.30. The first-order valence-corrected chi connectivity index (χ1v) is 4.94. The van der Waals surface area contributed by atoms with Gasteiger partial charge in [0.2, 0.25) is 0 Å². The average molecular weight is 204 g/mol. The number of methoxy groups -OCH3 is 1. The zero-order valence-electron chi connectivity index (χ0n) is 9.41. The summed E-state index contributed by atoms with van der Waals surface area (Å²) in [6, 6.07) is 6.25. The second-order valence-corrected chi connectivity index (χ2v) is 3.54. The van der Waals surface area contributed by atoms with E-state index in [1.165, 1.54) is 18.2 Å². The fraction of sp³-hybridized carbons (Fsp3) is 0.308. The number of carbonyl (C=O) groups excluding carboxylic acids is 1. The largest absolute Gasteiger partial charge is 0.469 e. The van der Waals surface area contributed by atoms with Gasteiger partial charge in [0.1, 0.15) is 0 Å². The van der Waals surface area contributed by atoms with E-state index in [2.05, 4.69) is 36.8 Å². The van der Waals surface area contributed by atoms with Crippen LogP contribution in [0.1, 0.15) is 23.1 Å². The Labute approximate surface area is 90.6 Å². The lowest BCUT2D eigenvalue weighted by atomic mass is 10.1. The summed E-state index contributed by atoms with van der Waals surface area (Å²) in [5.74, 6) is -0.212. The molecule has 2 nitrogen and oxygen atoms in total. The van der Waals surface area contributed by atoms with Crippen LogP contribution in [0.4, 0.5) is 0 Å². The number of aryl methyl sites for hydroxylation is 2. The van der Waals surface area contributed by atoms with Crippen molar-refractivity contribution in [2.24, 2.45) is 0 Å². The first-order chi connectivity index (χ1) is 7.13. The third kappa shape index (κ3) is 3.58. The minimum atomic E-state index is -0.212. The molecular formula is C13H16O2. The molecule has 0 radical (unpaired) electrons. The predicted octanol–water partition coefficient (Wildman–Crippen LogP) is 2.88. The van der Waals surface area contributed by atoms with Gasteiger partial charge in [0.05, 0.1) is 13.5 Å². The molecule has 2 heteroatoms. The first-order valence-electron chi connectivity index (χ1n) is 4.94. The summed E-state index contributed by atoms with van der Waals surface area (Å²) in [4.78, 5) is 10.9.